The molecule has 0 aliphatic carbocycles. The molecule has 0 bridgehead atoms. The summed E-state index contributed by atoms with van der Waals surface area (Å²) in [6.45, 7) is 0.644. The molecule has 3 aromatic rings. The number of aromatic hydroxyl groups is 1. The molecule has 0 unspecified atom stereocenters. The highest BCUT2D eigenvalue weighted by Gasteiger charge is 2.32. The molecule has 172 valence electrons. The number of amides is 2. The summed E-state index contributed by atoms with van der Waals surface area (Å²) in [4.78, 5) is 27.1. The number of hydrogen-bond acceptors (Lipinski definition) is 6. The molecule has 0 aromatic heterocycles. The van der Waals surface area contributed by atoms with Crippen LogP contribution in [0.2, 0.25) is 0 Å². The van der Waals surface area contributed by atoms with Crippen LogP contribution in [0.4, 0.5) is 5.69 Å². The fourth-order valence-electron chi connectivity index (χ4n) is 3.26. The number of anilines is 1. The minimum Gasteiger partial charge on any atom is -0.508 e. The monoisotopic (exact) mass is 490 g/mol. The molecule has 2 N–H and O–H groups in total. The van der Waals surface area contributed by atoms with Crippen molar-refractivity contribution in [3.05, 3.63) is 94.9 Å². The minimum absolute atomic E-state index is 0.101. The third-order valence-corrected chi connectivity index (χ3v) is 6.37. The first-order chi connectivity index (χ1) is 16.5. The van der Waals surface area contributed by atoms with Crippen molar-refractivity contribution >= 4 is 51.9 Å². The lowest BCUT2D eigenvalue weighted by Crippen LogP contribution is -2.31. The Bertz CT molecular complexity index is 1230. The Kier molecular flexibility index (Phi) is 7.61. The van der Waals surface area contributed by atoms with Gasteiger partial charge in [0.1, 0.15) is 22.4 Å². The predicted octanol–water partition coefficient (Wildman–Crippen LogP) is 5.20. The number of benzene rings is 3. The zero-order valence-electron chi connectivity index (χ0n) is 18.1. The smallest absolute Gasteiger partial charge is 0.266 e. The van der Waals surface area contributed by atoms with E-state index in [0.717, 1.165) is 11.1 Å². The van der Waals surface area contributed by atoms with E-state index in [-0.39, 0.29) is 30.5 Å². The molecule has 2 amide bonds. The molecule has 1 saturated heterocycles. The third kappa shape index (κ3) is 6.24. The molecular formula is C26H22N2O4S2. The minimum atomic E-state index is -0.244. The fourth-order valence-corrected chi connectivity index (χ4v) is 4.57. The molecule has 0 atom stereocenters. The number of nitrogens with zero attached hydrogens (tertiary/aromatic N) is 1. The summed E-state index contributed by atoms with van der Waals surface area (Å²) in [7, 11) is 0. The Morgan fingerprint density at radius 2 is 1.82 bits per heavy atom. The van der Waals surface area contributed by atoms with Gasteiger partial charge in [-0.15, -0.1) is 0 Å². The van der Waals surface area contributed by atoms with Crippen LogP contribution in [0.3, 0.4) is 0 Å². The molecule has 0 saturated carbocycles. The van der Waals surface area contributed by atoms with Gasteiger partial charge in [-0.25, -0.2) is 0 Å². The zero-order chi connectivity index (χ0) is 23.9. The van der Waals surface area contributed by atoms with Gasteiger partial charge in [0.15, 0.2) is 0 Å². The lowest BCUT2D eigenvalue weighted by molar-refractivity contribution is -0.122. The number of thiocarbonyl (C=S) groups is 1. The van der Waals surface area contributed by atoms with Crippen LogP contribution in [0.1, 0.15) is 17.5 Å². The Balaban J connectivity index is 1.34. The standard InChI is InChI=1S/C26H22N2O4S2/c29-21-11-9-20(10-12-21)27-24(30)13-14-28-25(31)23(34-26(28)33)16-19-7-4-8-22(15-19)32-17-18-5-2-1-3-6-18/h1-12,15-16,29H,13-14,17H2,(H,27,30)/b23-16-. The number of nitrogens with one attached hydrogen (secondary N) is 1. The van der Waals surface area contributed by atoms with Gasteiger partial charge in [0.25, 0.3) is 5.91 Å². The van der Waals surface area contributed by atoms with Gasteiger partial charge < -0.3 is 15.2 Å². The van der Waals surface area contributed by atoms with Gasteiger partial charge in [-0.3, -0.25) is 14.5 Å². The SMILES string of the molecule is O=C(CCN1C(=O)/C(=C/c2cccc(OCc3ccccc3)c2)SC1=S)Nc1ccc(O)cc1. The first-order valence-corrected chi connectivity index (χ1v) is 11.8. The molecule has 0 spiro atoms. The Hall–Kier alpha value is -3.62. The molecule has 1 aliphatic heterocycles. The van der Waals surface area contributed by atoms with Crippen LogP contribution < -0.4 is 10.1 Å². The highest BCUT2D eigenvalue weighted by molar-refractivity contribution is 8.26. The van der Waals surface area contributed by atoms with Crippen molar-refractivity contribution in [2.45, 2.75) is 13.0 Å². The van der Waals surface area contributed by atoms with Crippen molar-refractivity contribution in [3.63, 3.8) is 0 Å². The maximum atomic E-state index is 12.9. The number of phenols is 1. The molecule has 1 heterocycles. The molecule has 8 heteroatoms. The Labute approximate surface area is 207 Å². The van der Waals surface area contributed by atoms with Crippen LogP contribution in [-0.2, 0) is 16.2 Å². The molecule has 6 nitrogen and oxygen atoms in total. The average molecular weight is 491 g/mol. The number of thioether (sulfide) groups is 1. The molecular weight excluding hydrogens is 468 g/mol. The number of hydrogen-bond donors (Lipinski definition) is 2. The van der Waals surface area contributed by atoms with Crippen molar-refractivity contribution in [2.24, 2.45) is 0 Å². The summed E-state index contributed by atoms with van der Waals surface area (Å²) in [5.41, 5.74) is 2.47. The predicted molar refractivity (Wildman–Crippen MR) is 138 cm³/mol. The van der Waals surface area contributed by atoms with Gasteiger partial charge in [0.05, 0.1) is 4.91 Å². The van der Waals surface area contributed by atoms with E-state index in [1.807, 2.05) is 54.6 Å². The maximum absolute atomic E-state index is 12.9. The van der Waals surface area contributed by atoms with E-state index < -0.39 is 0 Å². The molecule has 0 radical (unpaired) electrons. The van der Waals surface area contributed by atoms with Crippen LogP contribution in [0.15, 0.2) is 83.8 Å². The average Bonchev–Trinajstić information content (AvgIpc) is 3.10. The van der Waals surface area contributed by atoms with Crippen molar-refractivity contribution in [3.8, 4) is 11.5 Å². The van der Waals surface area contributed by atoms with Crippen molar-refractivity contribution in [2.75, 3.05) is 11.9 Å². The second-order valence-electron chi connectivity index (χ2n) is 7.53. The van der Waals surface area contributed by atoms with E-state index >= 15 is 0 Å². The van der Waals surface area contributed by atoms with Crippen LogP contribution in [0.5, 0.6) is 11.5 Å². The first kappa shape index (κ1) is 23.5. The summed E-state index contributed by atoms with van der Waals surface area (Å²) < 4.78 is 6.29. The van der Waals surface area contributed by atoms with Crippen molar-refractivity contribution < 1.29 is 19.4 Å². The normalized spacial score (nSPS) is 14.5. The number of rotatable bonds is 8. The number of carbonyl (C=O) groups excluding carboxylic acids is 2. The second kappa shape index (κ2) is 11.0. The van der Waals surface area contributed by atoms with E-state index in [2.05, 4.69) is 5.32 Å². The van der Waals surface area contributed by atoms with Crippen molar-refractivity contribution in [1.29, 1.82) is 0 Å². The highest BCUT2D eigenvalue weighted by Crippen LogP contribution is 2.33. The fraction of sp³-hybridized carbons (Fsp3) is 0.115. The molecule has 1 aliphatic rings. The highest BCUT2D eigenvalue weighted by atomic mass is 32.2. The summed E-state index contributed by atoms with van der Waals surface area (Å²) in [5.74, 6) is 0.365. The summed E-state index contributed by atoms with van der Waals surface area (Å²) >= 11 is 6.59. The third-order valence-electron chi connectivity index (χ3n) is 4.99. The molecule has 34 heavy (non-hydrogen) atoms. The zero-order valence-corrected chi connectivity index (χ0v) is 19.8. The molecule has 1 fully saturated rings. The van der Waals surface area contributed by atoms with E-state index in [0.29, 0.717) is 27.3 Å². The number of ether oxygens (including phenoxy) is 1. The van der Waals surface area contributed by atoms with Gasteiger partial charge in [0.2, 0.25) is 5.91 Å². The van der Waals surface area contributed by atoms with Crippen LogP contribution in [0, 0.1) is 0 Å². The van der Waals surface area contributed by atoms with E-state index in [9.17, 15) is 14.7 Å². The Morgan fingerprint density at radius 3 is 2.59 bits per heavy atom. The van der Waals surface area contributed by atoms with Crippen LogP contribution in [0.25, 0.3) is 6.08 Å². The molecule has 4 rings (SSSR count). The van der Waals surface area contributed by atoms with E-state index in [1.54, 1.807) is 18.2 Å². The van der Waals surface area contributed by atoms with Crippen LogP contribution >= 0.6 is 24.0 Å². The Morgan fingerprint density at radius 1 is 1.06 bits per heavy atom. The van der Waals surface area contributed by atoms with Gasteiger partial charge in [0, 0.05) is 18.7 Å². The molecule has 3 aromatic carbocycles. The maximum Gasteiger partial charge on any atom is 0.266 e. The lowest BCUT2D eigenvalue weighted by Gasteiger charge is -2.14. The number of carbonyl (C=O) groups is 2. The quantitative estimate of drug-likeness (QED) is 0.257. The van der Waals surface area contributed by atoms with Gasteiger partial charge in [-0.2, -0.15) is 0 Å². The van der Waals surface area contributed by atoms with Crippen LogP contribution in [-0.4, -0.2) is 32.7 Å². The van der Waals surface area contributed by atoms with Crippen molar-refractivity contribution in [1.82, 2.24) is 4.90 Å². The second-order valence-corrected chi connectivity index (χ2v) is 9.20. The first-order valence-electron chi connectivity index (χ1n) is 10.6. The lowest BCUT2D eigenvalue weighted by atomic mass is 10.2. The van der Waals surface area contributed by atoms with Gasteiger partial charge in [-0.05, 0) is 53.6 Å². The summed E-state index contributed by atoms with van der Waals surface area (Å²) in [6.07, 6.45) is 1.88. The van der Waals surface area contributed by atoms with E-state index in [4.69, 9.17) is 17.0 Å². The van der Waals surface area contributed by atoms with Gasteiger partial charge in [-0.1, -0.05) is 66.4 Å². The number of phenolic OH excluding ortho intramolecular Hbond substituents is 1. The summed E-state index contributed by atoms with van der Waals surface area (Å²) in [5, 5.41) is 12.1. The topological polar surface area (TPSA) is 78.9 Å². The largest absolute Gasteiger partial charge is 0.508 e. The van der Waals surface area contributed by atoms with Gasteiger partial charge >= 0.3 is 0 Å². The van der Waals surface area contributed by atoms with E-state index in [1.165, 1.54) is 28.8 Å². The summed E-state index contributed by atoms with van der Waals surface area (Å²) in [6, 6.07) is 23.6.